The molecule has 2 N–H and O–H groups in total. The quantitative estimate of drug-likeness (QED) is 0.400. The number of carbonyl (C=O) groups excluding carboxylic acids is 1. The summed E-state index contributed by atoms with van der Waals surface area (Å²) in [5, 5.41) is 17.1. The van der Waals surface area contributed by atoms with E-state index in [1.165, 1.54) is 18.1 Å². The predicted molar refractivity (Wildman–Crippen MR) is 104 cm³/mol. The number of methoxy groups -OCH3 is 1. The van der Waals surface area contributed by atoms with Crippen LogP contribution < -0.4 is 4.74 Å². The van der Waals surface area contributed by atoms with E-state index in [0.29, 0.717) is 31.0 Å². The average molecular weight is 368 g/mol. The molecule has 0 spiro atoms. The van der Waals surface area contributed by atoms with E-state index in [2.05, 4.69) is 0 Å². The van der Waals surface area contributed by atoms with Crippen molar-refractivity contribution in [3.8, 4) is 16.9 Å². The van der Waals surface area contributed by atoms with Crippen molar-refractivity contribution in [3.63, 3.8) is 0 Å². The largest absolute Gasteiger partial charge is 0.497 e. The molecule has 0 aromatic heterocycles. The maximum Gasteiger partial charge on any atom is 0.335 e. The fourth-order valence-corrected chi connectivity index (χ4v) is 2.80. The third-order valence-corrected chi connectivity index (χ3v) is 4.37. The van der Waals surface area contributed by atoms with Gasteiger partial charge in [-0.25, -0.2) is 4.79 Å². The van der Waals surface area contributed by atoms with E-state index in [1.54, 1.807) is 6.07 Å². The van der Waals surface area contributed by atoms with E-state index >= 15 is 0 Å². The minimum Gasteiger partial charge on any atom is -0.497 e. The second kappa shape index (κ2) is 9.52. The van der Waals surface area contributed by atoms with Gasteiger partial charge in [-0.2, -0.15) is 0 Å². The number of aryl methyl sites for hydroxylation is 1. The Morgan fingerprint density at radius 1 is 1.19 bits per heavy atom. The maximum atomic E-state index is 11.3. The summed E-state index contributed by atoms with van der Waals surface area (Å²) >= 11 is 0. The summed E-state index contributed by atoms with van der Waals surface area (Å²) in [6.45, 7) is 2.35. The fourth-order valence-electron chi connectivity index (χ4n) is 2.80. The molecule has 6 heteroatoms. The first-order chi connectivity index (χ1) is 13.0. The molecule has 0 atom stereocenters. The molecule has 27 heavy (non-hydrogen) atoms. The lowest BCUT2D eigenvalue weighted by Crippen LogP contribution is -2.28. The van der Waals surface area contributed by atoms with Crippen molar-refractivity contribution in [2.45, 2.75) is 26.2 Å². The van der Waals surface area contributed by atoms with Crippen LogP contribution in [0.15, 0.2) is 42.5 Å². The van der Waals surface area contributed by atoms with Crippen LogP contribution in [0.4, 0.5) is 0 Å². The summed E-state index contributed by atoms with van der Waals surface area (Å²) in [7, 11) is 1.51. The minimum absolute atomic E-state index is 0.183. The lowest BCUT2D eigenvalue weighted by Gasteiger charge is -2.15. The van der Waals surface area contributed by atoms with Crippen LogP contribution >= 0.6 is 0 Å². The number of hydrogen-bond acceptors (Lipinski definition) is 4. The smallest absolute Gasteiger partial charge is 0.335 e. The van der Waals surface area contributed by atoms with Crippen LogP contribution in [0.5, 0.6) is 5.75 Å². The summed E-state index contributed by atoms with van der Waals surface area (Å²) in [4.78, 5) is 23.5. The highest BCUT2D eigenvalue weighted by Crippen LogP contribution is 2.26. The van der Waals surface area contributed by atoms with Crippen LogP contribution in [0, 0.1) is 5.41 Å². The van der Waals surface area contributed by atoms with Crippen molar-refractivity contribution >= 4 is 18.2 Å². The molecular formula is C21H24N2O4. The maximum absolute atomic E-state index is 11.3. The predicted octanol–water partition coefficient (Wildman–Crippen LogP) is 3.84. The Labute approximate surface area is 158 Å². The number of nitrogens with one attached hydrogen (secondary N) is 1. The van der Waals surface area contributed by atoms with Crippen LogP contribution in [0.25, 0.3) is 11.1 Å². The highest BCUT2D eigenvalue weighted by Gasteiger charge is 2.09. The van der Waals surface area contributed by atoms with Gasteiger partial charge in [0.2, 0.25) is 6.41 Å². The first-order valence-corrected chi connectivity index (χ1v) is 8.79. The Balaban J connectivity index is 2.05. The fraction of sp³-hybridized carbons (Fsp3) is 0.286. The van der Waals surface area contributed by atoms with E-state index in [1.807, 2.05) is 37.3 Å². The molecule has 0 radical (unpaired) electrons. The van der Waals surface area contributed by atoms with Gasteiger partial charge in [0.25, 0.3) is 0 Å². The number of hydrogen-bond donors (Lipinski definition) is 2. The van der Waals surface area contributed by atoms with Crippen LogP contribution in [0.3, 0.4) is 0 Å². The van der Waals surface area contributed by atoms with E-state index in [9.17, 15) is 14.7 Å². The normalized spacial score (nSPS) is 10.3. The molecule has 0 unspecified atom stereocenters. The molecular weight excluding hydrogens is 344 g/mol. The van der Waals surface area contributed by atoms with Crippen LogP contribution in [0.1, 0.15) is 35.7 Å². The van der Waals surface area contributed by atoms with Crippen molar-refractivity contribution in [2.24, 2.45) is 0 Å². The molecule has 0 saturated carbocycles. The molecule has 142 valence electrons. The number of carboxylic acids is 1. The van der Waals surface area contributed by atoms with Gasteiger partial charge in [0.1, 0.15) is 11.6 Å². The summed E-state index contributed by atoms with van der Waals surface area (Å²) in [5.41, 5.74) is 3.00. The van der Waals surface area contributed by atoms with Crippen LogP contribution in [0.2, 0.25) is 0 Å². The molecule has 0 heterocycles. The number of ether oxygens (including phenoxy) is 1. The number of rotatable bonds is 9. The highest BCUT2D eigenvalue weighted by molar-refractivity contribution is 5.90. The number of amides is 1. The van der Waals surface area contributed by atoms with Gasteiger partial charge in [-0.3, -0.25) is 10.2 Å². The molecule has 0 aliphatic carbocycles. The molecule has 0 aliphatic heterocycles. The number of carboxylic acid groups (broad SMARTS) is 1. The standard InChI is InChI=1S/C21H24N2O4/c1-3-23(14-24)20(22)6-4-5-15-7-9-16(10-8-15)17-11-18(21(25)26)13-19(12-17)27-2/h7-14,22H,3-6H2,1-2H3,(H,25,26). The summed E-state index contributed by atoms with van der Waals surface area (Å²) in [6, 6.07) is 12.8. The van der Waals surface area contributed by atoms with Gasteiger partial charge in [0.05, 0.1) is 12.7 Å². The van der Waals surface area contributed by atoms with Gasteiger partial charge in [-0.15, -0.1) is 0 Å². The minimum atomic E-state index is -0.995. The first-order valence-electron chi connectivity index (χ1n) is 8.79. The molecule has 0 bridgehead atoms. The Kier molecular flexibility index (Phi) is 7.11. The Bertz CT molecular complexity index is 815. The van der Waals surface area contributed by atoms with Crippen molar-refractivity contribution < 1.29 is 19.4 Å². The third kappa shape index (κ3) is 5.41. The van der Waals surface area contributed by atoms with Gasteiger partial charge in [0, 0.05) is 13.0 Å². The van der Waals surface area contributed by atoms with Gasteiger partial charge in [0.15, 0.2) is 0 Å². The third-order valence-electron chi connectivity index (χ3n) is 4.37. The number of carbonyl (C=O) groups is 2. The summed E-state index contributed by atoms with van der Waals surface area (Å²) in [6.07, 6.45) is 2.82. The van der Waals surface area contributed by atoms with Crippen molar-refractivity contribution in [3.05, 3.63) is 53.6 Å². The van der Waals surface area contributed by atoms with Crippen LogP contribution in [-0.2, 0) is 11.2 Å². The monoisotopic (exact) mass is 368 g/mol. The zero-order valence-corrected chi connectivity index (χ0v) is 15.6. The van der Waals surface area contributed by atoms with Gasteiger partial charge in [-0.05, 0) is 54.7 Å². The van der Waals surface area contributed by atoms with Crippen molar-refractivity contribution in [2.75, 3.05) is 13.7 Å². The van der Waals surface area contributed by atoms with E-state index in [4.69, 9.17) is 10.1 Å². The zero-order valence-electron chi connectivity index (χ0n) is 15.6. The first kappa shape index (κ1) is 20.2. The average Bonchev–Trinajstić information content (AvgIpc) is 2.69. The molecule has 1 amide bonds. The number of benzene rings is 2. The molecule has 0 fully saturated rings. The second-order valence-corrected chi connectivity index (χ2v) is 6.14. The SMILES string of the molecule is CCN(C=O)C(=N)CCCc1ccc(-c2cc(OC)cc(C(=O)O)c2)cc1. The lowest BCUT2D eigenvalue weighted by atomic mass is 9.99. The topological polar surface area (TPSA) is 90.7 Å². The molecule has 0 aliphatic rings. The summed E-state index contributed by atoms with van der Waals surface area (Å²) < 4.78 is 5.19. The van der Waals surface area contributed by atoms with Crippen molar-refractivity contribution in [1.29, 1.82) is 5.41 Å². The Morgan fingerprint density at radius 3 is 2.44 bits per heavy atom. The number of aromatic carboxylic acids is 1. The van der Waals surface area contributed by atoms with Gasteiger partial charge in [-0.1, -0.05) is 24.3 Å². The van der Waals surface area contributed by atoms with E-state index < -0.39 is 5.97 Å². The molecule has 6 nitrogen and oxygen atoms in total. The Hall–Kier alpha value is -3.15. The van der Waals surface area contributed by atoms with Crippen LogP contribution in [-0.4, -0.2) is 41.9 Å². The number of amidine groups is 1. The highest BCUT2D eigenvalue weighted by atomic mass is 16.5. The molecule has 2 rings (SSSR count). The number of nitrogens with zero attached hydrogens (tertiary/aromatic N) is 1. The van der Waals surface area contributed by atoms with Crippen molar-refractivity contribution in [1.82, 2.24) is 4.90 Å². The van der Waals surface area contributed by atoms with E-state index in [0.717, 1.165) is 29.5 Å². The molecule has 0 saturated heterocycles. The second-order valence-electron chi connectivity index (χ2n) is 6.14. The Morgan fingerprint density at radius 2 is 1.89 bits per heavy atom. The molecule has 2 aromatic carbocycles. The van der Waals surface area contributed by atoms with E-state index in [-0.39, 0.29) is 5.56 Å². The lowest BCUT2D eigenvalue weighted by molar-refractivity contribution is -0.114. The van der Waals surface area contributed by atoms with Gasteiger partial charge >= 0.3 is 5.97 Å². The zero-order chi connectivity index (χ0) is 19.8. The summed E-state index contributed by atoms with van der Waals surface area (Å²) in [5.74, 6) is -0.157. The molecule has 2 aromatic rings. The van der Waals surface area contributed by atoms with Gasteiger partial charge < -0.3 is 14.7 Å².